The average molecular weight is 399 g/mol. The fraction of sp³-hybridized carbons (Fsp3) is 0.739. The van der Waals surface area contributed by atoms with E-state index < -0.39 is 5.97 Å². The minimum atomic E-state index is -0.503. The van der Waals surface area contributed by atoms with Crippen LogP contribution in [0.3, 0.4) is 0 Å². The van der Waals surface area contributed by atoms with E-state index in [0.717, 1.165) is 19.3 Å². The van der Waals surface area contributed by atoms with Gasteiger partial charge in [0.1, 0.15) is 0 Å². The van der Waals surface area contributed by atoms with E-state index in [9.17, 15) is 19.2 Å². The molecular formula is C23H29NO5. The van der Waals surface area contributed by atoms with Crippen LogP contribution in [0.1, 0.15) is 57.8 Å². The Kier molecular flexibility index (Phi) is 4.63. The molecule has 4 bridgehead atoms. The van der Waals surface area contributed by atoms with Crippen LogP contribution in [0.4, 0.5) is 0 Å². The Morgan fingerprint density at radius 2 is 1.45 bits per heavy atom. The van der Waals surface area contributed by atoms with Gasteiger partial charge < -0.3 is 4.74 Å². The van der Waals surface area contributed by atoms with Crippen LogP contribution in [-0.2, 0) is 23.9 Å². The maximum Gasteiger partial charge on any atom is 0.308 e. The van der Waals surface area contributed by atoms with Crippen LogP contribution < -0.4 is 0 Å². The Labute approximate surface area is 171 Å². The molecule has 4 saturated carbocycles. The summed E-state index contributed by atoms with van der Waals surface area (Å²) in [5.41, 5.74) is -0.265. The van der Waals surface area contributed by atoms with E-state index in [4.69, 9.17) is 4.74 Å². The van der Waals surface area contributed by atoms with Gasteiger partial charge in [-0.05, 0) is 69.1 Å². The minimum Gasteiger partial charge on any atom is -0.458 e. The van der Waals surface area contributed by atoms with Crippen molar-refractivity contribution < 1.29 is 23.9 Å². The molecule has 6 nitrogen and oxygen atoms in total. The van der Waals surface area contributed by atoms with Crippen LogP contribution in [0.2, 0.25) is 0 Å². The lowest BCUT2D eigenvalue weighted by molar-refractivity contribution is -0.158. The number of esters is 1. The van der Waals surface area contributed by atoms with Crippen molar-refractivity contribution in [2.24, 2.45) is 35.0 Å². The number of hydrogen-bond donors (Lipinski definition) is 0. The molecule has 0 N–H and O–H groups in total. The van der Waals surface area contributed by atoms with E-state index >= 15 is 0 Å². The summed E-state index contributed by atoms with van der Waals surface area (Å²) >= 11 is 0. The predicted octanol–water partition coefficient (Wildman–Crippen LogP) is 2.66. The molecule has 2 atom stereocenters. The minimum absolute atomic E-state index is 0.0432. The molecule has 6 heteroatoms. The number of rotatable bonds is 6. The van der Waals surface area contributed by atoms with Gasteiger partial charge in [-0.2, -0.15) is 0 Å². The molecule has 0 aromatic carbocycles. The molecule has 1 heterocycles. The van der Waals surface area contributed by atoms with Crippen LogP contribution >= 0.6 is 0 Å². The van der Waals surface area contributed by atoms with Gasteiger partial charge in [0.25, 0.3) is 0 Å². The van der Waals surface area contributed by atoms with Crippen molar-refractivity contribution in [1.82, 2.24) is 4.90 Å². The number of fused-ring (bicyclic) bond motifs is 1. The first-order valence-electron chi connectivity index (χ1n) is 11.1. The number of ketones is 1. The maximum atomic E-state index is 12.9. The number of carbonyl (C=O) groups is 4. The van der Waals surface area contributed by atoms with Gasteiger partial charge in [-0.1, -0.05) is 12.2 Å². The lowest BCUT2D eigenvalue weighted by atomic mass is 9.48. The molecule has 6 aliphatic rings. The van der Waals surface area contributed by atoms with Crippen molar-refractivity contribution in [3.63, 3.8) is 0 Å². The van der Waals surface area contributed by atoms with Crippen molar-refractivity contribution in [2.45, 2.75) is 57.8 Å². The van der Waals surface area contributed by atoms with Gasteiger partial charge in [0.05, 0.1) is 18.3 Å². The Bertz CT molecular complexity index is 723. The van der Waals surface area contributed by atoms with Gasteiger partial charge in [0.2, 0.25) is 11.8 Å². The summed E-state index contributed by atoms with van der Waals surface area (Å²) in [6.07, 6.45) is 11.7. The normalized spacial score (nSPS) is 39.7. The highest BCUT2D eigenvalue weighted by Crippen LogP contribution is 2.60. The molecule has 156 valence electrons. The lowest BCUT2D eigenvalue weighted by Crippen LogP contribution is -2.51. The molecule has 0 spiro atoms. The number of allylic oxidation sites excluding steroid dienone is 2. The zero-order chi connectivity index (χ0) is 20.2. The standard InChI is InChI=1S/C23H29NO5/c25-19(23-10-14-7-15(11-23)9-16(8-14)12-23)13-29-20(26)5-6-24-21(27)17-3-1-2-4-18(17)22(24)28/h1-2,14-18H,3-13H2/t14?,15?,16?,17-,18-,23?/m1/s1. The van der Waals surface area contributed by atoms with E-state index in [1.807, 2.05) is 12.2 Å². The van der Waals surface area contributed by atoms with Gasteiger partial charge in [-0.15, -0.1) is 0 Å². The van der Waals surface area contributed by atoms with Crippen molar-refractivity contribution in [2.75, 3.05) is 13.2 Å². The fourth-order valence-corrected chi connectivity index (χ4v) is 7.12. The predicted molar refractivity (Wildman–Crippen MR) is 103 cm³/mol. The highest BCUT2D eigenvalue weighted by atomic mass is 16.5. The second-order valence-corrected chi connectivity index (χ2v) is 10.0. The van der Waals surface area contributed by atoms with Gasteiger partial charge in [0.15, 0.2) is 12.4 Å². The summed E-state index contributed by atoms with van der Waals surface area (Å²) in [5, 5.41) is 0. The molecular weight excluding hydrogens is 370 g/mol. The highest BCUT2D eigenvalue weighted by Gasteiger charge is 2.54. The third-order valence-corrected chi connectivity index (χ3v) is 8.13. The van der Waals surface area contributed by atoms with Crippen LogP contribution in [0, 0.1) is 35.0 Å². The summed E-state index contributed by atoms with van der Waals surface area (Å²) in [5.74, 6) is 0.682. The lowest BCUT2D eigenvalue weighted by Gasteiger charge is -2.55. The summed E-state index contributed by atoms with van der Waals surface area (Å²) in [4.78, 5) is 51.3. The first kappa shape index (κ1) is 19.0. The van der Waals surface area contributed by atoms with Gasteiger partial charge in [-0.3, -0.25) is 24.1 Å². The first-order valence-corrected chi connectivity index (χ1v) is 11.1. The monoisotopic (exact) mass is 399 g/mol. The smallest absolute Gasteiger partial charge is 0.308 e. The van der Waals surface area contributed by atoms with Gasteiger partial charge in [-0.25, -0.2) is 0 Å². The van der Waals surface area contributed by atoms with Crippen LogP contribution in [0.15, 0.2) is 12.2 Å². The number of likely N-dealkylation sites (tertiary alicyclic amines) is 1. The molecule has 0 aromatic heterocycles. The average Bonchev–Trinajstić information content (AvgIpc) is 2.94. The largest absolute Gasteiger partial charge is 0.458 e. The van der Waals surface area contributed by atoms with Crippen LogP contribution in [0.25, 0.3) is 0 Å². The van der Waals surface area contributed by atoms with Crippen molar-refractivity contribution in [3.8, 4) is 0 Å². The Morgan fingerprint density at radius 1 is 0.931 bits per heavy atom. The maximum absolute atomic E-state index is 12.9. The fourth-order valence-electron chi connectivity index (χ4n) is 7.12. The molecule has 0 radical (unpaired) electrons. The topological polar surface area (TPSA) is 80.8 Å². The van der Waals surface area contributed by atoms with Crippen molar-refractivity contribution >= 4 is 23.6 Å². The van der Waals surface area contributed by atoms with E-state index in [1.54, 1.807) is 0 Å². The summed E-state index contributed by atoms with van der Waals surface area (Å²) in [6, 6.07) is 0. The van der Waals surface area contributed by atoms with Crippen molar-refractivity contribution in [3.05, 3.63) is 12.2 Å². The highest BCUT2D eigenvalue weighted by molar-refractivity contribution is 6.05. The summed E-state index contributed by atoms with van der Waals surface area (Å²) in [6.45, 7) is -0.114. The summed E-state index contributed by atoms with van der Waals surface area (Å²) < 4.78 is 5.29. The molecule has 29 heavy (non-hydrogen) atoms. The molecule has 0 aromatic rings. The van der Waals surface area contributed by atoms with E-state index in [2.05, 4.69) is 0 Å². The Hall–Kier alpha value is -1.98. The van der Waals surface area contributed by atoms with Gasteiger partial charge in [0, 0.05) is 12.0 Å². The van der Waals surface area contributed by atoms with Crippen molar-refractivity contribution in [1.29, 1.82) is 0 Å². The molecule has 1 saturated heterocycles. The van der Waals surface area contributed by atoms with Crippen LogP contribution in [-0.4, -0.2) is 41.6 Å². The molecule has 5 fully saturated rings. The number of ether oxygens (including phenoxy) is 1. The Balaban J connectivity index is 1.12. The molecule has 1 aliphatic heterocycles. The first-order chi connectivity index (χ1) is 13.9. The van der Waals surface area contributed by atoms with Crippen LogP contribution in [0.5, 0.6) is 0 Å². The third kappa shape index (κ3) is 3.24. The number of imide groups is 1. The van der Waals surface area contributed by atoms with E-state index in [0.29, 0.717) is 30.6 Å². The number of hydrogen-bond acceptors (Lipinski definition) is 5. The quantitative estimate of drug-likeness (QED) is 0.390. The molecule has 6 rings (SSSR count). The van der Waals surface area contributed by atoms with E-state index in [-0.39, 0.29) is 54.4 Å². The second kappa shape index (κ2) is 7.06. The molecule has 0 unspecified atom stereocenters. The number of Topliss-reactive ketones (excluding diaryl/α,β-unsaturated/α-hetero) is 1. The zero-order valence-electron chi connectivity index (χ0n) is 16.8. The number of amides is 2. The third-order valence-electron chi connectivity index (χ3n) is 8.13. The number of carbonyl (C=O) groups excluding carboxylic acids is 4. The number of nitrogens with zero attached hydrogens (tertiary/aromatic N) is 1. The molecule has 2 amide bonds. The second-order valence-electron chi connectivity index (χ2n) is 10.0. The van der Waals surface area contributed by atoms with E-state index in [1.165, 1.54) is 24.2 Å². The molecule has 5 aliphatic carbocycles. The SMILES string of the molecule is O=C(CCN1C(=O)[C@@H]2CC=CC[C@H]2C1=O)OCC(=O)C12CC3CC(CC(C3)C1)C2. The zero-order valence-corrected chi connectivity index (χ0v) is 16.8. The van der Waals surface area contributed by atoms with Gasteiger partial charge >= 0.3 is 5.97 Å². The summed E-state index contributed by atoms with van der Waals surface area (Å²) in [7, 11) is 0. The Morgan fingerprint density at radius 3 is 1.97 bits per heavy atom.